The Labute approximate surface area is 129 Å². The molecule has 3 N–H and O–H groups in total. The fourth-order valence-corrected chi connectivity index (χ4v) is 2.46. The summed E-state index contributed by atoms with van der Waals surface area (Å²) in [6.45, 7) is 2.00. The van der Waals surface area contributed by atoms with Crippen LogP contribution in [0.5, 0.6) is 0 Å². The second kappa shape index (κ2) is 7.00. The molecule has 22 heavy (non-hydrogen) atoms. The van der Waals surface area contributed by atoms with Crippen molar-refractivity contribution in [3.05, 3.63) is 48.4 Å². The van der Waals surface area contributed by atoms with Crippen molar-refractivity contribution in [1.29, 1.82) is 0 Å². The second-order valence-electron chi connectivity index (χ2n) is 5.24. The minimum absolute atomic E-state index is 0.234. The summed E-state index contributed by atoms with van der Waals surface area (Å²) in [5, 5.41) is 9.62. The number of nitrogens with zero attached hydrogens (tertiary/aromatic N) is 2. The molecule has 0 atom stereocenters. The van der Waals surface area contributed by atoms with Crippen molar-refractivity contribution in [2.24, 2.45) is 0 Å². The van der Waals surface area contributed by atoms with Crippen molar-refractivity contribution in [3.63, 3.8) is 0 Å². The van der Waals surface area contributed by atoms with E-state index in [0.29, 0.717) is 23.2 Å². The van der Waals surface area contributed by atoms with Gasteiger partial charge in [-0.05, 0) is 50.2 Å². The van der Waals surface area contributed by atoms with Crippen LogP contribution in [-0.4, -0.2) is 35.0 Å². The summed E-state index contributed by atoms with van der Waals surface area (Å²) in [4.78, 5) is 20.6. The normalized spacial score (nSPS) is 15.3. The smallest absolute Gasteiger partial charge is 0.274 e. The van der Waals surface area contributed by atoms with E-state index in [9.17, 15) is 4.79 Å². The number of rotatable bonds is 4. The van der Waals surface area contributed by atoms with Gasteiger partial charge in [0.2, 0.25) is 0 Å². The van der Waals surface area contributed by atoms with Crippen LogP contribution < -0.4 is 16.0 Å². The highest BCUT2D eigenvalue weighted by Gasteiger charge is 2.16. The van der Waals surface area contributed by atoms with Crippen molar-refractivity contribution in [2.45, 2.75) is 18.9 Å². The molecule has 2 aromatic rings. The second-order valence-corrected chi connectivity index (χ2v) is 5.24. The third kappa shape index (κ3) is 3.59. The van der Waals surface area contributed by atoms with E-state index >= 15 is 0 Å². The number of aromatic nitrogens is 2. The SMILES string of the molecule is O=C(Nc1cccnc1NC1CCNCC1)c1ccccn1. The number of carbonyl (C=O) groups is 1. The highest BCUT2D eigenvalue weighted by atomic mass is 16.1. The van der Waals surface area contributed by atoms with E-state index in [4.69, 9.17) is 0 Å². The lowest BCUT2D eigenvalue weighted by Gasteiger charge is -2.25. The fraction of sp³-hybridized carbons (Fsp3) is 0.312. The number of nitrogens with one attached hydrogen (secondary N) is 3. The Morgan fingerprint density at radius 3 is 2.68 bits per heavy atom. The lowest BCUT2D eigenvalue weighted by molar-refractivity contribution is 0.102. The van der Waals surface area contributed by atoms with Crippen molar-refractivity contribution >= 4 is 17.4 Å². The highest BCUT2D eigenvalue weighted by Crippen LogP contribution is 2.21. The minimum Gasteiger partial charge on any atom is -0.366 e. The van der Waals surface area contributed by atoms with Crippen LogP contribution in [0.25, 0.3) is 0 Å². The number of piperidine rings is 1. The van der Waals surface area contributed by atoms with Crippen LogP contribution in [0.3, 0.4) is 0 Å². The number of anilines is 2. The Kier molecular flexibility index (Phi) is 4.60. The van der Waals surface area contributed by atoms with E-state index in [2.05, 4.69) is 25.9 Å². The molecule has 114 valence electrons. The van der Waals surface area contributed by atoms with Gasteiger partial charge in [0, 0.05) is 18.4 Å². The average Bonchev–Trinajstić information content (AvgIpc) is 2.58. The van der Waals surface area contributed by atoms with Crippen molar-refractivity contribution in [1.82, 2.24) is 15.3 Å². The molecule has 6 nitrogen and oxygen atoms in total. The molecule has 3 rings (SSSR count). The van der Waals surface area contributed by atoms with E-state index in [1.54, 1.807) is 30.6 Å². The van der Waals surface area contributed by atoms with Crippen LogP contribution in [0.2, 0.25) is 0 Å². The Morgan fingerprint density at radius 2 is 1.91 bits per heavy atom. The third-order valence-electron chi connectivity index (χ3n) is 3.63. The molecule has 1 fully saturated rings. The maximum atomic E-state index is 12.2. The number of hydrogen-bond donors (Lipinski definition) is 3. The zero-order chi connectivity index (χ0) is 15.2. The zero-order valence-electron chi connectivity index (χ0n) is 12.2. The first-order valence-electron chi connectivity index (χ1n) is 7.47. The lowest BCUT2D eigenvalue weighted by Crippen LogP contribution is -2.35. The van der Waals surface area contributed by atoms with Gasteiger partial charge in [0.25, 0.3) is 5.91 Å². The lowest BCUT2D eigenvalue weighted by atomic mass is 10.1. The number of carbonyl (C=O) groups excluding carboxylic acids is 1. The highest BCUT2D eigenvalue weighted by molar-refractivity contribution is 6.04. The summed E-state index contributed by atoms with van der Waals surface area (Å²) in [6.07, 6.45) is 5.42. The van der Waals surface area contributed by atoms with Crippen LogP contribution >= 0.6 is 0 Å². The van der Waals surface area contributed by atoms with Crippen LogP contribution in [-0.2, 0) is 0 Å². The van der Waals surface area contributed by atoms with Gasteiger partial charge in [0.15, 0.2) is 0 Å². The quantitative estimate of drug-likeness (QED) is 0.803. The first kappa shape index (κ1) is 14.5. The first-order chi connectivity index (χ1) is 10.8. The van der Waals surface area contributed by atoms with Gasteiger partial charge in [0.1, 0.15) is 11.5 Å². The molecule has 0 bridgehead atoms. The van der Waals surface area contributed by atoms with Gasteiger partial charge in [-0.2, -0.15) is 0 Å². The number of hydrogen-bond acceptors (Lipinski definition) is 5. The summed E-state index contributed by atoms with van der Waals surface area (Å²) in [7, 11) is 0. The molecular formula is C16H19N5O. The molecule has 0 aromatic carbocycles. The third-order valence-corrected chi connectivity index (χ3v) is 3.63. The molecule has 0 spiro atoms. The Balaban J connectivity index is 1.72. The molecule has 2 aromatic heterocycles. The molecule has 1 saturated heterocycles. The van der Waals surface area contributed by atoms with Crippen LogP contribution in [0, 0.1) is 0 Å². The number of amides is 1. The van der Waals surface area contributed by atoms with E-state index in [-0.39, 0.29) is 5.91 Å². The van der Waals surface area contributed by atoms with Gasteiger partial charge >= 0.3 is 0 Å². The predicted octanol–water partition coefficient (Wildman–Crippen LogP) is 1.89. The predicted molar refractivity (Wildman–Crippen MR) is 85.9 cm³/mol. The maximum Gasteiger partial charge on any atom is 0.274 e. The fourth-order valence-electron chi connectivity index (χ4n) is 2.46. The standard InChI is InChI=1S/C16H19N5O/c22-16(14-4-1-2-8-18-14)21-13-5-3-9-19-15(13)20-12-6-10-17-11-7-12/h1-5,8-9,12,17H,6-7,10-11H2,(H,19,20)(H,21,22). The molecule has 0 radical (unpaired) electrons. The van der Waals surface area contributed by atoms with Gasteiger partial charge in [-0.3, -0.25) is 9.78 Å². The number of pyridine rings is 2. The molecule has 1 aliphatic rings. The largest absolute Gasteiger partial charge is 0.366 e. The summed E-state index contributed by atoms with van der Waals surface area (Å²) < 4.78 is 0. The van der Waals surface area contributed by atoms with Gasteiger partial charge in [-0.1, -0.05) is 6.07 Å². The van der Waals surface area contributed by atoms with Gasteiger partial charge in [-0.15, -0.1) is 0 Å². The summed E-state index contributed by atoms with van der Waals surface area (Å²) in [6, 6.07) is 9.29. The van der Waals surface area contributed by atoms with E-state index in [1.165, 1.54) is 0 Å². The summed E-state index contributed by atoms with van der Waals surface area (Å²) >= 11 is 0. The van der Waals surface area contributed by atoms with E-state index in [0.717, 1.165) is 25.9 Å². The van der Waals surface area contributed by atoms with Crippen LogP contribution in [0.4, 0.5) is 11.5 Å². The molecular weight excluding hydrogens is 278 g/mol. The molecule has 1 amide bonds. The Bertz CT molecular complexity index is 625. The van der Waals surface area contributed by atoms with Crippen molar-refractivity contribution in [2.75, 3.05) is 23.7 Å². The zero-order valence-corrected chi connectivity index (χ0v) is 12.2. The van der Waals surface area contributed by atoms with Gasteiger partial charge in [0.05, 0.1) is 5.69 Å². The molecule has 0 unspecified atom stereocenters. The van der Waals surface area contributed by atoms with Crippen molar-refractivity contribution < 1.29 is 4.79 Å². The maximum absolute atomic E-state index is 12.2. The van der Waals surface area contributed by atoms with Gasteiger partial charge < -0.3 is 16.0 Å². The summed E-state index contributed by atoms with van der Waals surface area (Å²) in [5.74, 6) is 0.473. The van der Waals surface area contributed by atoms with Crippen LogP contribution in [0.15, 0.2) is 42.7 Å². The monoisotopic (exact) mass is 297 g/mol. The van der Waals surface area contributed by atoms with E-state index < -0.39 is 0 Å². The van der Waals surface area contributed by atoms with E-state index in [1.807, 2.05) is 12.1 Å². The topological polar surface area (TPSA) is 78.9 Å². The molecule has 0 aliphatic carbocycles. The van der Waals surface area contributed by atoms with Crippen molar-refractivity contribution in [3.8, 4) is 0 Å². The molecule has 3 heterocycles. The molecule has 0 saturated carbocycles. The summed E-state index contributed by atoms with van der Waals surface area (Å²) in [5.41, 5.74) is 1.07. The minimum atomic E-state index is -0.234. The molecule has 1 aliphatic heterocycles. The Hall–Kier alpha value is -2.47. The average molecular weight is 297 g/mol. The molecule has 6 heteroatoms. The Morgan fingerprint density at radius 1 is 1.09 bits per heavy atom. The van der Waals surface area contributed by atoms with Gasteiger partial charge in [-0.25, -0.2) is 4.98 Å². The van der Waals surface area contributed by atoms with Crippen LogP contribution in [0.1, 0.15) is 23.3 Å². The first-order valence-corrected chi connectivity index (χ1v) is 7.47.